The molecule has 11 nitrogen and oxygen atoms in total. The number of aliphatic carboxylic acids is 2. The highest BCUT2D eigenvalue weighted by Crippen LogP contribution is 2.39. The molecule has 0 saturated carbocycles. The van der Waals surface area contributed by atoms with Crippen LogP contribution < -0.4 is 21.7 Å². The molecule has 166 valence electrons. The molecule has 2 heterocycles. The Morgan fingerprint density at radius 2 is 1.87 bits per heavy atom. The van der Waals surface area contributed by atoms with E-state index in [-0.39, 0.29) is 0 Å². The molecular weight excluding hydrogens is 426 g/mol. The molecule has 0 radical (unpaired) electrons. The van der Waals surface area contributed by atoms with Crippen molar-refractivity contribution in [3.63, 3.8) is 0 Å². The number of carboxylic acids is 2. The van der Waals surface area contributed by atoms with Gasteiger partial charge < -0.3 is 25.9 Å². The summed E-state index contributed by atoms with van der Waals surface area (Å²) in [5.74, 6) is -3.11. The SMILES string of the molecule is CC1(C)S[C@H]([C@H](NC(=O)[C@H](Nn2cc[nH]c2=O)c2ccccc2)C(=O)O)N[C@H]1C(=O)O. The molecule has 6 N–H and O–H groups in total. The van der Waals surface area contributed by atoms with Crippen LogP contribution in [0, 0.1) is 0 Å². The summed E-state index contributed by atoms with van der Waals surface area (Å²) in [6, 6.07) is 5.04. The van der Waals surface area contributed by atoms with Crippen LogP contribution in [0.1, 0.15) is 25.5 Å². The molecule has 1 aromatic heterocycles. The maximum absolute atomic E-state index is 13.1. The third-order valence-electron chi connectivity index (χ3n) is 4.88. The van der Waals surface area contributed by atoms with Crippen molar-refractivity contribution in [3.05, 3.63) is 58.8 Å². The summed E-state index contributed by atoms with van der Waals surface area (Å²) in [5, 5.41) is 23.6. The van der Waals surface area contributed by atoms with Gasteiger partial charge in [-0.1, -0.05) is 30.3 Å². The second-order valence-electron chi connectivity index (χ2n) is 7.51. The smallest absolute Gasteiger partial charge is 0.344 e. The fraction of sp³-hybridized carbons (Fsp3) is 0.368. The molecular formula is C19H23N5O6S. The van der Waals surface area contributed by atoms with E-state index < -0.39 is 51.8 Å². The van der Waals surface area contributed by atoms with Crippen molar-refractivity contribution in [2.24, 2.45) is 0 Å². The van der Waals surface area contributed by atoms with Gasteiger partial charge in [-0.25, -0.2) is 14.3 Å². The minimum absolute atomic E-state index is 0.498. The van der Waals surface area contributed by atoms with E-state index in [1.165, 1.54) is 12.4 Å². The van der Waals surface area contributed by atoms with Crippen LogP contribution in [-0.4, -0.2) is 59.9 Å². The highest BCUT2D eigenvalue weighted by Gasteiger charge is 2.49. The van der Waals surface area contributed by atoms with Crippen molar-refractivity contribution in [2.45, 2.75) is 42.1 Å². The van der Waals surface area contributed by atoms with Crippen LogP contribution in [0.25, 0.3) is 0 Å². The van der Waals surface area contributed by atoms with E-state index in [4.69, 9.17) is 0 Å². The van der Waals surface area contributed by atoms with Crippen molar-refractivity contribution < 1.29 is 24.6 Å². The molecule has 12 heteroatoms. The zero-order valence-corrected chi connectivity index (χ0v) is 17.6. The van der Waals surface area contributed by atoms with E-state index in [0.29, 0.717) is 5.56 Å². The zero-order valence-electron chi connectivity index (χ0n) is 16.7. The molecule has 3 rings (SSSR count). The van der Waals surface area contributed by atoms with Gasteiger partial charge in [0.05, 0.1) is 5.37 Å². The molecule has 1 amide bonds. The number of hydrogen-bond donors (Lipinski definition) is 6. The molecule has 0 unspecified atom stereocenters. The van der Waals surface area contributed by atoms with Gasteiger partial charge in [-0.15, -0.1) is 11.8 Å². The molecule has 1 aromatic carbocycles. The standard InChI is InChI=1S/C19H23N5O6S/c1-19(2)13(17(28)29)22-15(31-19)12(16(26)27)21-14(25)11(10-6-4-3-5-7-10)23-24-9-8-20-18(24)30/h3-9,11-13,15,22-23H,1-2H3,(H,20,30)(H,21,25)(H,26,27)(H,28,29)/t11-,12+,13+,15-/m1/s1. The Hall–Kier alpha value is -3.25. The second-order valence-corrected chi connectivity index (χ2v) is 9.31. The first-order chi connectivity index (χ1) is 14.6. The molecule has 31 heavy (non-hydrogen) atoms. The van der Waals surface area contributed by atoms with Gasteiger partial charge in [0, 0.05) is 17.1 Å². The van der Waals surface area contributed by atoms with Crippen molar-refractivity contribution >= 4 is 29.6 Å². The Morgan fingerprint density at radius 1 is 1.19 bits per heavy atom. The Kier molecular flexibility index (Phi) is 6.41. The minimum atomic E-state index is -1.41. The summed E-state index contributed by atoms with van der Waals surface area (Å²) in [6.07, 6.45) is 2.79. The van der Waals surface area contributed by atoms with Crippen LogP contribution in [0.3, 0.4) is 0 Å². The normalized spacial score (nSPS) is 21.7. The number of aromatic nitrogens is 2. The lowest BCUT2D eigenvalue weighted by Gasteiger charge is -2.25. The van der Waals surface area contributed by atoms with E-state index in [0.717, 1.165) is 16.4 Å². The average Bonchev–Trinajstić information content (AvgIpc) is 3.26. The number of carboxylic acid groups (broad SMARTS) is 2. The molecule has 0 spiro atoms. The summed E-state index contributed by atoms with van der Waals surface area (Å²) in [5.41, 5.74) is 2.78. The molecule has 0 aliphatic carbocycles. The van der Waals surface area contributed by atoms with Crippen LogP contribution in [0.4, 0.5) is 0 Å². The monoisotopic (exact) mass is 449 g/mol. The lowest BCUT2D eigenvalue weighted by atomic mass is 10.0. The maximum Gasteiger partial charge on any atom is 0.344 e. The fourth-order valence-corrected chi connectivity index (χ4v) is 4.81. The Balaban J connectivity index is 1.85. The van der Waals surface area contributed by atoms with Gasteiger partial charge >= 0.3 is 17.6 Å². The summed E-state index contributed by atoms with van der Waals surface area (Å²) in [4.78, 5) is 50.9. The van der Waals surface area contributed by atoms with Gasteiger partial charge in [0.25, 0.3) is 0 Å². The molecule has 0 bridgehead atoms. The van der Waals surface area contributed by atoms with Crippen molar-refractivity contribution in [1.29, 1.82) is 0 Å². The largest absolute Gasteiger partial charge is 0.480 e. The summed E-state index contributed by atoms with van der Waals surface area (Å²) < 4.78 is 0.295. The summed E-state index contributed by atoms with van der Waals surface area (Å²) >= 11 is 1.13. The molecule has 1 aliphatic rings. The van der Waals surface area contributed by atoms with E-state index in [2.05, 4.69) is 21.0 Å². The van der Waals surface area contributed by atoms with E-state index in [1.54, 1.807) is 44.2 Å². The first-order valence-corrected chi connectivity index (χ1v) is 10.3. The molecule has 1 aliphatic heterocycles. The number of imidazole rings is 1. The van der Waals surface area contributed by atoms with Crippen LogP contribution in [0.15, 0.2) is 47.5 Å². The van der Waals surface area contributed by atoms with Gasteiger partial charge in [0.2, 0.25) is 5.91 Å². The number of nitrogens with one attached hydrogen (secondary N) is 4. The van der Waals surface area contributed by atoms with Crippen LogP contribution in [-0.2, 0) is 14.4 Å². The van der Waals surface area contributed by atoms with Crippen molar-refractivity contribution in [1.82, 2.24) is 20.3 Å². The number of hydrogen-bond acceptors (Lipinski definition) is 7. The number of carbonyl (C=O) groups is 3. The quantitative estimate of drug-likeness (QED) is 0.323. The Bertz CT molecular complexity index is 1020. The molecule has 4 atom stereocenters. The number of amides is 1. The van der Waals surface area contributed by atoms with Crippen LogP contribution in [0.5, 0.6) is 0 Å². The van der Waals surface area contributed by atoms with E-state index in [1.807, 2.05) is 0 Å². The van der Waals surface area contributed by atoms with Gasteiger partial charge in [0.15, 0.2) is 6.04 Å². The zero-order chi connectivity index (χ0) is 22.8. The molecule has 2 aromatic rings. The topological polar surface area (TPSA) is 166 Å². The third kappa shape index (κ3) is 4.91. The first-order valence-electron chi connectivity index (χ1n) is 9.37. The number of aromatic amines is 1. The lowest BCUT2D eigenvalue weighted by Crippen LogP contribution is -2.55. The van der Waals surface area contributed by atoms with Crippen molar-refractivity contribution in [2.75, 3.05) is 5.43 Å². The van der Waals surface area contributed by atoms with E-state index >= 15 is 0 Å². The highest BCUT2D eigenvalue weighted by molar-refractivity contribution is 8.01. The fourth-order valence-electron chi connectivity index (χ4n) is 3.32. The predicted octanol–water partition coefficient (Wildman–Crippen LogP) is -0.0751. The average molecular weight is 449 g/mol. The molecule has 1 saturated heterocycles. The minimum Gasteiger partial charge on any atom is -0.480 e. The number of carbonyl (C=O) groups excluding carboxylic acids is 1. The van der Waals surface area contributed by atoms with Crippen molar-refractivity contribution in [3.8, 4) is 0 Å². The third-order valence-corrected chi connectivity index (χ3v) is 6.39. The number of rotatable bonds is 8. The maximum atomic E-state index is 13.1. The summed E-state index contributed by atoms with van der Waals surface area (Å²) in [7, 11) is 0. The number of thioether (sulfide) groups is 1. The number of nitrogens with zero attached hydrogens (tertiary/aromatic N) is 1. The predicted molar refractivity (Wildman–Crippen MR) is 113 cm³/mol. The van der Waals surface area contributed by atoms with Crippen LogP contribution in [0.2, 0.25) is 0 Å². The van der Waals surface area contributed by atoms with Gasteiger partial charge in [-0.05, 0) is 19.4 Å². The molecule has 1 fully saturated rings. The van der Waals surface area contributed by atoms with Gasteiger partial charge in [-0.3, -0.25) is 14.9 Å². The van der Waals surface area contributed by atoms with Gasteiger partial charge in [-0.2, -0.15) is 0 Å². The Morgan fingerprint density at radius 3 is 2.39 bits per heavy atom. The number of H-pyrrole nitrogens is 1. The highest BCUT2D eigenvalue weighted by atomic mass is 32.2. The first kappa shape index (κ1) is 22.4. The lowest BCUT2D eigenvalue weighted by molar-refractivity contribution is -0.143. The Labute approximate surface area is 181 Å². The van der Waals surface area contributed by atoms with Crippen LogP contribution >= 0.6 is 11.8 Å². The number of benzene rings is 1. The van der Waals surface area contributed by atoms with E-state index in [9.17, 15) is 29.4 Å². The second kappa shape index (κ2) is 8.86. The summed E-state index contributed by atoms with van der Waals surface area (Å²) in [6.45, 7) is 3.38. The van der Waals surface area contributed by atoms with Gasteiger partial charge in [0.1, 0.15) is 12.1 Å².